The maximum atomic E-state index is 12.9. The van der Waals surface area contributed by atoms with Gasteiger partial charge >= 0.3 is 0 Å². The Morgan fingerprint density at radius 2 is 1.89 bits per heavy atom. The Labute approximate surface area is 128 Å². The molecule has 0 heterocycles. The molecular formula is C14H8BrCl2FO. The second kappa shape index (κ2) is 6.04. The van der Waals surface area contributed by atoms with E-state index in [1.54, 1.807) is 18.2 Å². The van der Waals surface area contributed by atoms with Crippen LogP contribution in [0.15, 0.2) is 40.9 Å². The minimum atomic E-state index is -0.424. The molecule has 0 spiro atoms. The number of carbonyl (C=O) groups excluding carboxylic acids is 1. The number of benzene rings is 2. The van der Waals surface area contributed by atoms with Crippen LogP contribution in [0.25, 0.3) is 0 Å². The first-order valence-corrected chi connectivity index (χ1v) is 6.94. The van der Waals surface area contributed by atoms with Gasteiger partial charge in [0.25, 0.3) is 0 Å². The van der Waals surface area contributed by atoms with Crippen LogP contribution in [-0.2, 0) is 6.42 Å². The van der Waals surface area contributed by atoms with Crippen molar-refractivity contribution in [3.63, 3.8) is 0 Å². The number of halogens is 4. The van der Waals surface area contributed by atoms with Gasteiger partial charge in [-0.25, -0.2) is 4.39 Å². The number of Topliss-reactive ketones (excluding diaryl/α,β-unsaturated/α-hetero) is 1. The van der Waals surface area contributed by atoms with E-state index in [-0.39, 0.29) is 17.2 Å². The first-order chi connectivity index (χ1) is 8.95. The van der Waals surface area contributed by atoms with E-state index in [1.165, 1.54) is 18.2 Å². The molecule has 0 aliphatic rings. The Hall–Kier alpha value is -0.900. The van der Waals surface area contributed by atoms with E-state index in [4.69, 9.17) is 23.2 Å². The van der Waals surface area contributed by atoms with Gasteiger partial charge in [-0.15, -0.1) is 0 Å². The summed E-state index contributed by atoms with van der Waals surface area (Å²) in [6.45, 7) is 0. The summed E-state index contributed by atoms with van der Waals surface area (Å²) in [6.07, 6.45) is 0.103. The van der Waals surface area contributed by atoms with Crippen molar-refractivity contribution in [1.82, 2.24) is 0 Å². The quantitative estimate of drug-likeness (QED) is 0.676. The third kappa shape index (κ3) is 3.78. The Kier molecular flexibility index (Phi) is 4.61. The minimum absolute atomic E-state index is 0.103. The third-order valence-corrected chi connectivity index (χ3v) is 3.58. The van der Waals surface area contributed by atoms with Crippen molar-refractivity contribution in [1.29, 1.82) is 0 Å². The molecule has 19 heavy (non-hydrogen) atoms. The van der Waals surface area contributed by atoms with Crippen LogP contribution in [0.2, 0.25) is 10.0 Å². The van der Waals surface area contributed by atoms with Crippen molar-refractivity contribution in [2.45, 2.75) is 6.42 Å². The Morgan fingerprint density at radius 1 is 1.16 bits per heavy atom. The fourth-order valence-electron chi connectivity index (χ4n) is 1.65. The van der Waals surface area contributed by atoms with Gasteiger partial charge in [0.1, 0.15) is 5.82 Å². The van der Waals surface area contributed by atoms with E-state index < -0.39 is 5.82 Å². The number of carbonyl (C=O) groups is 1. The van der Waals surface area contributed by atoms with Gasteiger partial charge in [0.05, 0.1) is 0 Å². The van der Waals surface area contributed by atoms with Crippen LogP contribution in [0.5, 0.6) is 0 Å². The Balaban J connectivity index is 2.25. The lowest BCUT2D eigenvalue weighted by molar-refractivity contribution is 0.0993. The normalized spacial score (nSPS) is 10.5. The zero-order valence-corrected chi connectivity index (χ0v) is 12.7. The number of rotatable bonds is 3. The molecule has 0 aliphatic heterocycles. The summed E-state index contributed by atoms with van der Waals surface area (Å²) in [5.41, 5.74) is 1.07. The minimum Gasteiger partial charge on any atom is -0.294 e. The van der Waals surface area contributed by atoms with Crippen LogP contribution in [0, 0.1) is 5.82 Å². The molecule has 0 bridgehead atoms. The molecule has 0 radical (unpaired) electrons. The Bertz CT molecular complexity index is 623. The number of hydrogen-bond donors (Lipinski definition) is 0. The van der Waals surface area contributed by atoms with Crippen molar-refractivity contribution in [2.75, 3.05) is 0 Å². The zero-order valence-electron chi connectivity index (χ0n) is 9.59. The summed E-state index contributed by atoms with van der Waals surface area (Å²) in [6, 6.07) is 8.95. The number of ketones is 1. The van der Waals surface area contributed by atoms with Crippen LogP contribution >= 0.6 is 39.1 Å². The second-order valence-electron chi connectivity index (χ2n) is 3.99. The van der Waals surface area contributed by atoms with Gasteiger partial charge in [-0.05, 0) is 35.9 Å². The molecule has 0 aromatic heterocycles. The highest BCUT2D eigenvalue weighted by Gasteiger charge is 2.11. The van der Waals surface area contributed by atoms with Gasteiger partial charge in [-0.3, -0.25) is 4.79 Å². The molecule has 98 valence electrons. The van der Waals surface area contributed by atoms with E-state index in [0.29, 0.717) is 16.1 Å². The molecule has 0 aliphatic carbocycles. The molecule has 2 aromatic rings. The van der Waals surface area contributed by atoms with Gasteiger partial charge in [0, 0.05) is 26.5 Å². The maximum Gasteiger partial charge on any atom is 0.167 e. The molecule has 0 fully saturated rings. The lowest BCUT2D eigenvalue weighted by Crippen LogP contribution is -2.04. The summed E-state index contributed by atoms with van der Waals surface area (Å²) in [4.78, 5) is 12.1. The third-order valence-electron chi connectivity index (χ3n) is 2.55. The van der Waals surface area contributed by atoms with E-state index in [1.807, 2.05) is 0 Å². The average Bonchev–Trinajstić information content (AvgIpc) is 2.31. The summed E-state index contributed by atoms with van der Waals surface area (Å²) in [7, 11) is 0. The predicted molar refractivity (Wildman–Crippen MR) is 78.6 cm³/mol. The summed E-state index contributed by atoms with van der Waals surface area (Å²) >= 11 is 15.1. The van der Waals surface area contributed by atoms with E-state index >= 15 is 0 Å². The van der Waals surface area contributed by atoms with Crippen LogP contribution in [-0.4, -0.2) is 5.78 Å². The highest BCUT2D eigenvalue weighted by molar-refractivity contribution is 9.10. The molecule has 1 nitrogen and oxygen atoms in total. The fourth-order valence-corrected chi connectivity index (χ4v) is 2.75. The lowest BCUT2D eigenvalue weighted by Gasteiger charge is -2.05. The summed E-state index contributed by atoms with van der Waals surface area (Å²) in [5, 5.41) is 0.720. The van der Waals surface area contributed by atoms with E-state index in [2.05, 4.69) is 15.9 Å². The van der Waals surface area contributed by atoms with Gasteiger partial charge in [0.15, 0.2) is 5.78 Å². The predicted octanol–water partition coefficient (Wildman–Crippen LogP) is 5.32. The molecule has 0 saturated carbocycles. The molecule has 0 amide bonds. The zero-order chi connectivity index (χ0) is 14.0. The van der Waals surface area contributed by atoms with Crippen molar-refractivity contribution in [3.05, 3.63) is 67.9 Å². The van der Waals surface area contributed by atoms with E-state index in [0.717, 1.165) is 4.47 Å². The second-order valence-corrected chi connectivity index (χ2v) is 5.75. The van der Waals surface area contributed by atoms with Crippen LogP contribution < -0.4 is 0 Å². The largest absolute Gasteiger partial charge is 0.294 e. The molecule has 0 N–H and O–H groups in total. The maximum absolute atomic E-state index is 12.9. The molecule has 2 aromatic carbocycles. The lowest BCUT2D eigenvalue weighted by atomic mass is 10.0. The van der Waals surface area contributed by atoms with Gasteiger partial charge in [-0.2, -0.15) is 0 Å². The van der Waals surface area contributed by atoms with Gasteiger partial charge in [0.2, 0.25) is 0 Å². The monoisotopic (exact) mass is 360 g/mol. The molecule has 2 rings (SSSR count). The SMILES string of the molecule is O=C(Cc1ccc(F)cc1Cl)c1cc(Cl)cc(Br)c1. The molecule has 0 atom stereocenters. The average molecular weight is 362 g/mol. The van der Waals surface area contributed by atoms with Crippen LogP contribution in [0.4, 0.5) is 4.39 Å². The fraction of sp³-hybridized carbons (Fsp3) is 0.0714. The molecule has 0 unspecified atom stereocenters. The first kappa shape index (κ1) is 14.5. The van der Waals surface area contributed by atoms with Crippen molar-refractivity contribution in [3.8, 4) is 0 Å². The highest BCUT2D eigenvalue weighted by Crippen LogP contribution is 2.23. The standard InChI is InChI=1S/C14H8BrCl2FO/c15-10-3-9(4-11(16)6-10)14(19)5-8-1-2-12(18)7-13(8)17/h1-4,6-7H,5H2. The van der Waals surface area contributed by atoms with Crippen LogP contribution in [0.1, 0.15) is 15.9 Å². The van der Waals surface area contributed by atoms with Crippen molar-refractivity contribution in [2.24, 2.45) is 0 Å². The topological polar surface area (TPSA) is 17.1 Å². The highest BCUT2D eigenvalue weighted by atomic mass is 79.9. The van der Waals surface area contributed by atoms with Crippen molar-refractivity contribution >= 4 is 44.9 Å². The molecule has 5 heteroatoms. The smallest absolute Gasteiger partial charge is 0.167 e. The Morgan fingerprint density at radius 3 is 2.53 bits per heavy atom. The first-order valence-electron chi connectivity index (χ1n) is 5.39. The number of hydrogen-bond acceptors (Lipinski definition) is 1. The van der Waals surface area contributed by atoms with Gasteiger partial charge in [-0.1, -0.05) is 45.2 Å². The van der Waals surface area contributed by atoms with Crippen LogP contribution in [0.3, 0.4) is 0 Å². The summed E-state index contributed by atoms with van der Waals surface area (Å²) in [5.74, 6) is -0.552. The molecular weight excluding hydrogens is 354 g/mol. The van der Waals surface area contributed by atoms with E-state index in [9.17, 15) is 9.18 Å². The van der Waals surface area contributed by atoms with Crippen molar-refractivity contribution < 1.29 is 9.18 Å². The summed E-state index contributed by atoms with van der Waals surface area (Å²) < 4.78 is 13.7. The van der Waals surface area contributed by atoms with Gasteiger partial charge < -0.3 is 0 Å². The molecule has 0 saturated heterocycles.